The van der Waals surface area contributed by atoms with Crippen LogP contribution in [0.25, 0.3) is 10.8 Å². The highest BCUT2D eigenvalue weighted by Crippen LogP contribution is 2.21. The SMILES string of the molecule is CC1(C)CCCC(C)(C)[NH2+]1.CC1(C)CCCC(C)(C)[NH2+]1.[N-]=C=S.[N-]=C=S. The van der Waals surface area contributed by atoms with E-state index < -0.39 is 0 Å². The third-order valence-electron chi connectivity index (χ3n) is 4.85. The van der Waals surface area contributed by atoms with Crippen molar-refractivity contribution in [2.24, 2.45) is 0 Å². The molecule has 26 heavy (non-hydrogen) atoms. The molecule has 2 saturated heterocycles. The van der Waals surface area contributed by atoms with Gasteiger partial charge in [0.1, 0.15) is 0 Å². The standard InChI is InChI=1S/2C9H19N.2CNS/c2*1-8(2)6-5-7-9(3,4)10-8;2*2-1-3/h2*10H,5-7H2,1-4H3;;/q;;2*-1/p+2. The number of thiocarbonyl (C=S) groups is 2. The molecule has 0 atom stereocenters. The summed E-state index contributed by atoms with van der Waals surface area (Å²) in [5, 5.41) is 22.0. The highest BCUT2D eigenvalue weighted by atomic mass is 32.1. The van der Waals surface area contributed by atoms with Crippen molar-refractivity contribution in [2.45, 2.75) is 116 Å². The first-order valence-corrected chi connectivity index (χ1v) is 10.2. The van der Waals surface area contributed by atoms with Crippen molar-refractivity contribution >= 4 is 34.8 Å². The van der Waals surface area contributed by atoms with E-state index in [-0.39, 0.29) is 0 Å². The molecule has 2 fully saturated rings. The largest absolute Gasteiger partial charge is 0.753 e. The first-order chi connectivity index (χ1) is 11.7. The normalized spacial score (nSPS) is 23.7. The van der Waals surface area contributed by atoms with Crippen LogP contribution in [0.2, 0.25) is 0 Å². The summed E-state index contributed by atoms with van der Waals surface area (Å²) in [7, 11) is 0. The Labute approximate surface area is 172 Å². The Morgan fingerprint density at radius 1 is 0.577 bits per heavy atom. The molecule has 6 heteroatoms. The topological polar surface area (TPSA) is 77.8 Å². The van der Waals surface area contributed by atoms with Crippen LogP contribution < -0.4 is 10.6 Å². The number of hydrogen-bond acceptors (Lipinski definition) is 2. The molecule has 0 saturated carbocycles. The number of quaternary nitrogens is 2. The molecule has 2 rings (SSSR count). The van der Waals surface area contributed by atoms with E-state index in [4.69, 9.17) is 10.8 Å². The first kappa shape index (κ1) is 27.7. The maximum absolute atomic E-state index is 7.13. The summed E-state index contributed by atoms with van der Waals surface area (Å²) < 4.78 is 0. The zero-order chi connectivity index (χ0) is 21.1. The molecule has 2 heterocycles. The predicted molar refractivity (Wildman–Crippen MR) is 120 cm³/mol. The van der Waals surface area contributed by atoms with Crippen LogP contribution >= 0.6 is 24.4 Å². The molecule has 0 aliphatic carbocycles. The third kappa shape index (κ3) is 15.7. The van der Waals surface area contributed by atoms with Gasteiger partial charge in [-0.15, -0.1) is 0 Å². The molecule has 0 unspecified atom stereocenters. The smallest absolute Gasteiger partial charge is 0.0908 e. The second kappa shape index (κ2) is 12.1. The summed E-state index contributed by atoms with van der Waals surface area (Å²) in [5.74, 6) is 0. The fourth-order valence-corrected chi connectivity index (χ4v) is 4.40. The van der Waals surface area contributed by atoms with E-state index in [9.17, 15) is 0 Å². The number of hydrogen-bond donors (Lipinski definition) is 2. The third-order valence-corrected chi connectivity index (χ3v) is 4.85. The zero-order valence-corrected chi connectivity index (χ0v) is 19.7. The molecule has 0 aromatic heterocycles. The highest BCUT2D eigenvalue weighted by Gasteiger charge is 2.36. The van der Waals surface area contributed by atoms with Crippen molar-refractivity contribution in [3.8, 4) is 0 Å². The fourth-order valence-electron chi connectivity index (χ4n) is 4.40. The molecule has 152 valence electrons. The Kier molecular flexibility index (Phi) is 12.9. The molecular weight excluding hydrogens is 360 g/mol. The highest BCUT2D eigenvalue weighted by molar-refractivity contribution is 7.78. The van der Waals surface area contributed by atoms with Crippen molar-refractivity contribution in [3.63, 3.8) is 0 Å². The monoisotopic (exact) mass is 400 g/mol. The summed E-state index contributed by atoms with van der Waals surface area (Å²) in [6.45, 7) is 18.7. The lowest BCUT2D eigenvalue weighted by Gasteiger charge is -2.38. The molecule has 0 spiro atoms. The molecule has 2 aliphatic rings. The maximum atomic E-state index is 7.13. The Hall–Kier alpha value is -0.480. The van der Waals surface area contributed by atoms with E-state index in [2.05, 4.69) is 90.5 Å². The molecule has 0 radical (unpaired) electrons. The Balaban J connectivity index is 0. The molecule has 4 nitrogen and oxygen atoms in total. The number of isothiocyanates is 2. The number of nitrogens with zero attached hydrogens (tertiary/aromatic N) is 2. The minimum atomic E-state index is 0.488. The Morgan fingerprint density at radius 3 is 0.808 bits per heavy atom. The minimum Gasteiger partial charge on any atom is -0.753 e. The molecule has 0 aromatic carbocycles. The quantitative estimate of drug-likeness (QED) is 0.478. The number of piperidine rings is 2. The van der Waals surface area contributed by atoms with Gasteiger partial charge in [0.25, 0.3) is 0 Å². The van der Waals surface area contributed by atoms with Gasteiger partial charge in [0.2, 0.25) is 0 Å². The Morgan fingerprint density at radius 2 is 0.731 bits per heavy atom. The van der Waals surface area contributed by atoms with Crippen molar-refractivity contribution in [3.05, 3.63) is 10.8 Å². The van der Waals surface area contributed by atoms with Gasteiger partial charge in [-0.2, -0.15) is 10.3 Å². The average Bonchev–Trinajstić information content (AvgIpc) is 2.35. The van der Waals surface area contributed by atoms with E-state index in [1.54, 1.807) is 0 Å². The van der Waals surface area contributed by atoms with Gasteiger partial charge < -0.3 is 21.5 Å². The van der Waals surface area contributed by atoms with Crippen LogP contribution in [0.4, 0.5) is 0 Å². The van der Waals surface area contributed by atoms with E-state index in [0.717, 1.165) is 0 Å². The summed E-state index contributed by atoms with van der Waals surface area (Å²) in [6.07, 6.45) is 8.28. The lowest BCUT2D eigenvalue weighted by atomic mass is 9.83. The molecule has 2 aliphatic heterocycles. The van der Waals surface area contributed by atoms with Crippen molar-refractivity contribution in [1.82, 2.24) is 0 Å². The zero-order valence-electron chi connectivity index (χ0n) is 18.1. The molecule has 0 aromatic rings. The van der Waals surface area contributed by atoms with Gasteiger partial charge in [0.05, 0.1) is 22.2 Å². The van der Waals surface area contributed by atoms with Crippen LogP contribution in [-0.4, -0.2) is 32.5 Å². The van der Waals surface area contributed by atoms with Gasteiger partial charge in [0.15, 0.2) is 0 Å². The predicted octanol–water partition coefficient (Wildman–Crippen LogP) is 3.90. The Bertz CT molecular complexity index is 398. The van der Waals surface area contributed by atoms with Crippen LogP contribution in [-0.2, 0) is 0 Å². The van der Waals surface area contributed by atoms with Crippen LogP contribution in [0.5, 0.6) is 0 Å². The molecule has 0 amide bonds. The fraction of sp³-hybridized carbons (Fsp3) is 0.900. The minimum absolute atomic E-state index is 0.488. The van der Waals surface area contributed by atoms with E-state index in [1.807, 2.05) is 0 Å². The van der Waals surface area contributed by atoms with Gasteiger partial charge in [-0.05, 0) is 68.2 Å². The van der Waals surface area contributed by atoms with Gasteiger partial charge in [0, 0.05) is 25.7 Å². The van der Waals surface area contributed by atoms with Gasteiger partial charge in [-0.1, -0.05) is 24.4 Å². The second-order valence-corrected chi connectivity index (χ2v) is 10.5. The van der Waals surface area contributed by atoms with Crippen LogP contribution in [0.1, 0.15) is 93.9 Å². The van der Waals surface area contributed by atoms with Crippen molar-refractivity contribution in [1.29, 1.82) is 0 Å². The molecule has 0 bridgehead atoms. The van der Waals surface area contributed by atoms with Crippen LogP contribution in [0.15, 0.2) is 0 Å². The van der Waals surface area contributed by atoms with Crippen molar-refractivity contribution < 1.29 is 10.6 Å². The second-order valence-electron chi connectivity index (χ2n) is 10.1. The van der Waals surface area contributed by atoms with E-state index in [0.29, 0.717) is 22.2 Å². The van der Waals surface area contributed by atoms with Crippen LogP contribution in [0.3, 0.4) is 0 Å². The van der Waals surface area contributed by atoms with Gasteiger partial charge >= 0.3 is 0 Å². The molecule has 4 N–H and O–H groups in total. The number of nitrogens with two attached hydrogens (primary N) is 2. The lowest BCUT2D eigenvalue weighted by molar-refractivity contribution is -0.787. The number of rotatable bonds is 0. The lowest BCUT2D eigenvalue weighted by Crippen LogP contribution is -3.05. The van der Waals surface area contributed by atoms with E-state index in [1.165, 1.54) is 48.8 Å². The summed E-state index contributed by atoms with van der Waals surface area (Å²) in [6, 6.07) is 0. The van der Waals surface area contributed by atoms with Crippen molar-refractivity contribution in [2.75, 3.05) is 0 Å². The summed E-state index contributed by atoms with van der Waals surface area (Å²) in [4.78, 5) is 0. The summed E-state index contributed by atoms with van der Waals surface area (Å²) in [5.41, 5.74) is 1.95. The van der Waals surface area contributed by atoms with E-state index >= 15 is 0 Å². The first-order valence-electron chi connectivity index (χ1n) is 9.42. The van der Waals surface area contributed by atoms with Crippen LogP contribution in [0, 0.1) is 0 Å². The van der Waals surface area contributed by atoms with Gasteiger partial charge in [-0.3, -0.25) is 0 Å². The average molecular weight is 401 g/mol. The summed E-state index contributed by atoms with van der Waals surface area (Å²) >= 11 is 7.40. The maximum Gasteiger partial charge on any atom is 0.0908 e. The van der Waals surface area contributed by atoms with Gasteiger partial charge in [-0.25, -0.2) is 0 Å². The molecular formula is C20H40N4S2.